The fraction of sp³-hybridized carbons (Fsp3) is 1.00. The van der Waals surface area contributed by atoms with Crippen LogP contribution >= 0.6 is 0 Å². The second-order valence-corrected chi connectivity index (χ2v) is 8.14. The van der Waals surface area contributed by atoms with Crippen molar-refractivity contribution in [3.8, 4) is 0 Å². The maximum Gasteiger partial charge on any atom is 0.0309 e. The Hall–Kier alpha value is -0.0800. The lowest BCUT2D eigenvalue weighted by Gasteiger charge is -2.49. The summed E-state index contributed by atoms with van der Waals surface area (Å²) >= 11 is 0. The average Bonchev–Trinajstić information content (AvgIpc) is 3.24. The van der Waals surface area contributed by atoms with Crippen molar-refractivity contribution in [3.05, 3.63) is 0 Å². The Balaban J connectivity index is 1.71. The number of hydrogen-bond acceptors (Lipinski definition) is 2. The van der Waals surface area contributed by atoms with Crippen molar-refractivity contribution in [3.63, 3.8) is 0 Å². The standard InChI is InChI=1S/C17H32N2/c1-5-17(8-9-17)12-19-11-16(4,14-6-7-14)18-10-15(19)13(2)3/h13-15,18H,5-12H2,1-4H3. The zero-order valence-electron chi connectivity index (χ0n) is 13.3. The minimum absolute atomic E-state index is 0.398. The molecule has 1 aliphatic heterocycles. The van der Waals surface area contributed by atoms with Crippen LogP contribution in [0.25, 0.3) is 0 Å². The molecule has 0 aromatic carbocycles. The molecule has 2 nitrogen and oxygen atoms in total. The Morgan fingerprint density at radius 2 is 1.95 bits per heavy atom. The van der Waals surface area contributed by atoms with Gasteiger partial charge in [-0.3, -0.25) is 4.90 Å². The van der Waals surface area contributed by atoms with E-state index in [1.807, 2.05) is 0 Å². The topological polar surface area (TPSA) is 15.3 Å². The van der Waals surface area contributed by atoms with Gasteiger partial charge in [-0.15, -0.1) is 0 Å². The predicted molar refractivity (Wildman–Crippen MR) is 81.3 cm³/mol. The van der Waals surface area contributed by atoms with Gasteiger partial charge in [0.1, 0.15) is 0 Å². The van der Waals surface area contributed by atoms with Crippen molar-refractivity contribution in [2.24, 2.45) is 17.3 Å². The molecule has 3 rings (SSSR count). The van der Waals surface area contributed by atoms with E-state index in [1.165, 1.54) is 51.7 Å². The number of piperazine rings is 1. The second kappa shape index (κ2) is 4.73. The van der Waals surface area contributed by atoms with E-state index in [0.29, 0.717) is 11.0 Å². The highest BCUT2D eigenvalue weighted by atomic mass is 15.3. The Kier molecular flexibility index (Phi) is 3.46. The largest absolute Gasteiger partial charge is 0.308 e. The summed E-state index contributed by atoms with van der Waals surface area (Å²) in [5.41, 5.74) is 1.09. The lowest BCUT2D eigenvalue weighted by molar-refractivity contribution is 0.0357. The minimum atomic E-state index is 0.398. The van der Waals surface area contributed by atoms with Crippen LogP contribution in [-0.2, 0) is 0 Å². The maximum absolute atomic E-state index is 3.90. The summed E-state index contributed by atoms with van der Waals surface area (Å²) in [6, 6.07) is 0.746. The molecule has 0 bridgehead atoms. The summed E-state index contributed by atoms with van der Waals surface area (Å²) in [6.07, 6.45) is 7.21. The molecule has 0 amide bonds. The lowest BCUT2D eigenvalue weighted by Crippen LogP contribution is -2.65. The van der Waals surface area contributed by atoms with Gasteiger partial charge in [-0.05, 0) is 56.3 Å². The highest BCUT2D eigenvalue weighted by Crippen LogP contribution is 2.50. The molecule has 3 aliphatic rings. The van der Waals surface area contributed by atoms with E-state index >= 15 is 0 Å². The Bertz CT molecular complexity index is 330. The molecule has 3 fully saturated rings. The monoisotopic (exact) mass is 264 g/mol. The molecule has 0 radical (unpaired) electrons. The summed E-state index contributed by atoms with van der Waals surface area (Å²) in [4.78, 5) is 2.86. The van der Waals surface area contributed by atoms with E-state index in [-0.39, 0.29) is 0 Å². The van der Waals surface area contributed by atoms with E-state index in [9.17, 15) is 0 Å². The van der Waals surface area contributed by atoms with Gasteiger partial charge < -0.3 is 5.32 Å². The fourth-order valence-electron chi connectivity index (χ4n) is 4.12. The van der Waals surface area contributed by atoms with Crippen molar-refractivity contribution in [2.75, 3.05) is 19.6 Å². The van der Waals surface area contributed by atoms with Crippen LogP contribution in [0.3, 0.4) is 0 Å². The van der Waals surface area contributed by atoms with Crippen LogP contribution in [0, 0.1) is 17.3 Å². The van der Waals surface area contributed by atoms with Crippen molar-refractivity contribution in [2.45, 2.75) is 71.4 Å². The second-order valence-electron chi connectivity index (χ2n) is 8.14. The summed E-state index contributed by atoms with van der Waals surface area (Å²) in [7, 11) is 0. The first-order chi connectivity index (χ1) is 8.98. The zero-order chi connectivity index (χ0) is 13.7. The summed E-state index contributed by atoms with van der Waals surface area (Å²) in [5.74, 6) is 1.71. The molecule has 19 heavy (non-hydrogen) atoms. The molecule has 0 aromatic heterocycles. The minimum Gasteiger partial charge on any atom is -0.308 e. The third-order valence-electron chi connectivity index (χ3n) is 6.21. The van der Waals surface area contributed by atoms with Crippen molar-refractivity contribution in [1.29, 1.82) is 0 Å². The van der Waals surface area contributed by atoms with Gasteiger partial charge in [0.05, 0.1) is 0 Å². The lowest BCUT2D eigenvalue weighted by atomic mass is 9.87. The molecule has 0 spiro atoms. The molecule has 2 aliphatic carbocycles. The number of rotatable bonds is 5. The van der Waals surface area contributed by atoms with E-state index < -0.39 is 0 Å². The third kappa shape index (κ3) is 2.71. The molecule has 2 heteroatoms. The number of hydrogen-bond donors (Lipinski definition) is 1. The Morgan fingerprint density at radius 3 is 2.42 bits per heavy atom. The molecule has 1 N–H and O–H groups in total. The van der Waals surface area contributed by atoms with Gasteiger partial charge in [0.25, 0.3) is 0 Å². The van der Waals surface area contributed by atoms with Gasteiger partial charge in [-0.25, -0.2) is 0 Å². The van der Waals surface area contributed by atoms with E-state index in [1.54, 1.807) is 0 Å². The zero-order valence-corrected chi connectivity index (χ0v) is 13.3. The van der Waals surface area contributed by atoms with Crippen LogP contribution in [-0.4, -0.2) is 36.1 Å². The molecule has 2 unspecified atom stereocenters. The Morgan fingerprint density at radius 1 is 1.26 bits per heavy atom. The summed E-state index contributed by atoms with van der Waals surface area (Å²) in [5, 5.41) is 3.90. The quantitative estimate of drug-likeness (QED) is 0.820. The van der Waals surface area contributed by atoms with E-state index in [2.05, 4.69) is 37.9 Å². The van der Waals surface area contributed by atoms with Crippen LogP contribution < -0.4 is 5.32 Å². The first kappa shape index (κ1) is 13.9. The van der Waals surface area contributed by atoms with Crippen LogP contribution in [0.4, 0.5) is 0 Å². The van der Waals surface area contributed by atoms with E-state index in [4.69, 9.17) is 0 Å². The first-order valence-corrected chi connectivity index (χ1v) is 8.47. The van der Waals surface area contributed by atoms with Crippen LogP contribution in [0.15, 0.2) is 0 Å². The molecular formula is C17H32N2. The van der Waals surface area contributed by atoms with Gasteiger partial charge in [0.2, 0.25) is 0 Å². The molecule has 1 heterocycles. The number of nitrogens with zero attached hydrogens (tertiary/aromatic N) is 1. The third-order valence-corrected chi connectivity index (χ3v) is 6.21. The summed E-state index contributed by atoms with van der Waals surface area (Å²) in [6.45, 7) is 13.5. The first-order valence-electron chi connectivity index (χ1n) is 8.47. The molecule has 0 aromatic rings. The van der Waals surface area contributed by atoms with Gasteiger partial charge in [-0.2, -0.15) is 0 Å². The molecule has 2 atom stereocenters. The van der Waals surface area contributed by atoms with E-state index in [0.717, 1.165) is 17.9 Å². The number of nitrogens with one attached hydrogen (secondary N) is 1. The smallest absolute Gasteiger partial charge is 0.0309 e. The highest BCUT2D eigenvalue weighted by molar-refractivity contribution is 5.06. The van der Waals surface area contributed by atoms with Gasteiger partial charge in [0.15, 0.2) is 0 Å². The van der Waals surface area contributed by atoms with Gasteiger partial charge in [-0.1, -0.05) is 20.8 Å². The SMILES string of the molecule is CCC1(CN2CC(C)(C3CC3)NCC2C(C)C)CC1. The molecule has 2 saturated carbocycles. The fourth-order valence-corrected chi connectivity index (χ4v) is 4.12. The van der Waals surface area contributed by atoms with Crippen molar-refractivity contribution >= 4 is 0 Å². The average molecular weight is 264 g/mol. The molecular weight excluding hydrogens is 232 g/mol. The van der Waals surface area contributed by atoms with Gasteiger partial charge >= 0.3 is 0 Å². The van der Waals surface area contributed by atoms with Crippen molar-refractivity contribution in [1.82, 2.24) is 10.2 Å². The van der Waals surface area contributed by atoms with Crippen LogP contribution in [0.2, 0.25) is 0 Å². The maximum atomic E-state index is 3.90. The normalized spacial score (nSPS) is 38.7. The predicted octanol–water partition coefficient (Wildman–Crippen LogP) is 3.28. The van der Waals surface area contributed by atoms with Crippen molar-refractivity contribution < 1.29 is 0 Å². The Labute approximate surface area is 119 Å². The summed E-state index contributed by atoms with van der Waals surface area (Å²) < 4.78 is 0. The highest BCUT2D eigenvalue weighted by Gasteiger charge is 2.49. The van der Waals surface area contributed by atoms with Crippen LogP contribution in [0.1, 0.15) is 59.8 Å². The van der Waals surface area contributed by atoms with Gasteiger partial charge in [0, 0.05) is 31.2 Å². The molecule has 110 valence electrons. The molecule has 1 saturated heterocycles. The van der Waals surface area contributed by atoms with Crippen LogP contribution in [0.5, 0.6) is 0 Å².